The summed E-state index contributed by atoms with van der Waals surface area (Å²) in [5.74, 6) is -5.70. The second kappa shape index (κ2) is 11.8. The number of esters is 5. The van der Waals surface area contributed by atoms with Crippen molar-refractivity contribution in [3.8, 4) is 6.07 Å². The van der Waals surface area contributed by atoms with E-state index >= 15 is 0 Å². The smallest absolute Gasteiger partial charge is 0.326 e. The molecule has 0 spiro atoms. The van der Waals surface area contributed by atoms with Gasteiger partial charge in [-0.2, -0.15) is 5.26 Å². The molecular formula is C19H25NO11. The van der Waals surface area contributed by atoms with Gasteiger partial charge in [0.2, 0.25) is 0 Å². The lowest BCUT2D eigenvalue weighted by molar-refractivity contribution is -0.258. The van der Waals surface area contributed by atoms with Crippen LogP contribution in [0.3, 0.4) is 0 Å². The van der Waals surface area contributed by atoms with E-state index in [1.807, 2.05) is 0 Å². The van der Waals surface area contributed by atoms with Crippen LogP contribution < -0.4 is 0 Å². The van der Waals surface area contributed by atoms with Crippen LogP contribution in [-0.2, 0) is 52.4 Å². The van der Waals surface area contributed by atoms with Gasteiger partial charge < -0.3 is 28.4 Å². The van der Waals surface area contributed by atoms with Crippen LogP contribution in [0.1, 0.15) is 34.6 Å². The van der Waals surface area contributed by atoms with E-state index in [2.05, 4.69) is 0 Å². The Bertz CT molecular complexity index is 744. The molecule has 0 aromatic rings. The number of nitrogens with zero attached hydrogens (tertiary/aromatic N) is 1. The van der Waals surface area contributed by atoms with Crippen molar-refractivity contribution in [1.29, 1.82) is 5.26 Å². The van der Waals surface area contributed by atoms with Crippen LogP contribution in [0.15, 0.2) is 0 Å². The van der Waals surface area contributed by atoms with Crippen molar-refractivity contribution in [2.45, 2.75) is 65.1 Å². The summed E-state index contributed by atoms with van der Waals surface area (Å²) < 4.78 is 31.2. The maximum Gasteiger partial charge on any atom is 0.326 e. The normalized spacial score (nSPS) is 25.9. The van der Waals surface area contributed by atoms with Gasteiger partial charge in [-0.15, -0.1) is 0 Å². The Labute approximate surface area is 178 Å². The summed E-state index contributed by atoms with van der Waals surface area (Å²) in [6.45, 7) is 5.35. The first kappa shape index (κ1) is 25.8. The molecular weight excluding hydrogens is 418 g/mol. The van der Waals surface area contributed by atoms with E-state index in [9.17, 15) is 29.2 Å². The highest BCUT2D eigenvalue weighted by molar-refractivity contribution is 5.76. The summed E-state index contributed by atoms with van der Waals surface area (Å²) in [5, 5.41) is 9.56. The lowest BCUT2D eigenvalue weighted by Crippen LogP contribution is -2.64. The Morgan fingerprint density at radius 2 is 1.35 bits per heavy atom. The highest BCUT2D eigenvalue weighted by Crippen LogP contribution is 2.33. The van der Waals surface area contributed by atoms with Crippen molar-refractivity contribution in [1.82, 2.24) is 0 Å². The minimum Gasteiger partial charge on any atom is -0.465 e. The molecule has 172 valence electrons. The van der Waals surface area contributed by atoms with E-state index in [1.165, 1.54) is 6.92 Å². The van der Waals surface area contributed by atoms with Crippen molar-refractivity contribution in [3.05, 3.63) is 0 Å². The molecule has 1 saturated heterocycles. The van der Waals surface area contributed by atoms with Crippen LogP contribution in [0.5, 0.6) is 0 Å². The van der Waals surface area contributed by atoms with Gasteiger partial charge in [-0.3, -0.25) is 24.0 Å². The number of hydrogen-bond acceptors (Lipinski definition) is 12. The maximum absolute atomic E-state index is 12.3. The Morgan fingerprint density at radius 1 is 0.839 bits per heavy atom. The number of rotatable bonds is 8. The average Bonchev–Trinajstić information content (AvgIpc) is 2.64. The predicted molar refractivity (Wildman–Crippen MR) is 97.7 cm³/mol. The van der Waals surface area contributed by atoms with Crippen molar-refractivity contribution in [2.75, 3.05) is 13.2 Å². The molecule has 1 aliphatic heterocycles. The second-order valence-electron chi connectivity index (χ2n) is 6.52. The third-order valence-corrected chi connectivity index (χ3v) is 4.03. The fourth-order valence-corrected chi connectivity index (χ4v) is 3.02. The molecule has 0 amide bonds. The molecule has 12 nitrogen and oxygen atoms in total. The Kier molecular flexibility index (Phi) is 9.88. The molecule has 12 heteroatoms. The topological polar surface area (TPSA) is 165 Å². The van der Waals surface area contributed by atoms with E-state index in [1.54, 1.807) is 6.07 Å². The van der Waals surface area contributed by atoms with Gasteiger partial charge >= 0.3 is 29.8 Å². The third kappa shape index (κ3) is 7.53. The maximum atomic E-state index is 12.3. The summed E-state index contributed by atoms with van der Waals surface area (Å²) >= 11 is 0. The van der Waals surface area contributed by atoms with Crippen molar-refractivity contribution in [3.63, 3.8) is 0 Å². The molecule has 0 aromatic heterocycles. The summed E-state index contributed by atoms with van der Waals surface area (Å²) in [5.41, 5.74) is 0. The molecule has 1 fully saturated rings. The summed E-state index contributed by atoms with van der Waals surface area (Å²) in [7, 11) is 0. The van der Waals surface area contributed by atoms with E-state index in [0.717, 1.165) is 27.7 Å². The Morgan fingerprint density at radius 3 is 1.81 bits per heavy atom. The highest BCUT2D eigenvalue weighted by Gasteiger charge is 2.55. The molecule has 0 aromatic carbocycles. The number of carbonyl (C=O) groups excluding carboxylic acids is 5. The Hall–Kier alpha value is -3.20. The third-order valence-electron chi connectivity index (χ3n) is 4.03. The van der Waals surface area contributed by atoms with Crippen molar-refractivity contribution in [2.24, 2.45) is 5.92 Å². The molecule has 0 saturated carbocycles. The van der Waals surface area contributed by atoms with Gasteiger partial charge in [-0.25, -0.2) is 0 Å². The summed E-state index contributed by atoms with van der Waals surface area (Å²) in [6, 6.07) is 1.73. The zero-order valence-corrected chi connectivity index (χ0v) is 17.8. The fraction of sp³-hybridized carbons (Fsp3) is 0.684. The average molecular weight is 443 g/mol. The van der Waals surface area contributed by atoms with Gasteiger partial charge in [0.25, 0.3) is 0 Å². The first-order valence-electron chi connectivity index (χ1n) is 9.38. The molecule has 6 atom stereocenters. The standard InChI is InChI=1S/C19H25NO11/c1-6-26-19(25)13(7-20)15-17(29-11(4)23)18(30-12(5)24)16(28-10(3)22)14(31-15)8-27-9(2)21/h13-18H,6,8H2,1-5H3/t13-,14+,15-,16-,17-,18-/m0/s1. The molecule has 1 rings (SSSR count). The van der Waals surface area contributed by atoms with Crippen LogP contribution >= 0.6 is 0 Å². The minimum atomic E-state index is -1.60. The zero-order valence-electron chi connectivity index (χ0n) is 17.8. The van der Waals surface area contributed by atoms with Gasteiger partial charge in [-0.1, -0.05) is 0 Å². The van der Waals surface area contributed by atoms with Crippen molar-refractivity contribution < 1.29 is 52.4 Å². The SMILES string of the molecule is CCOC(=O)[C@@H](C#N)[C@@H]1O[C@H](COC(C)=O)[C@H](OC(C)=O)[C@H](OC(C)=O)[C@H]1OC(C)=O. The number of hydrogen-bond donors (Lipinski definition) is 0. The lowest BCUT2D eigenvalue weighted by Gasteiger charge is -2.45. The molecule has 0 bridgehead atoms. The molecule has 1 heterocycles. The molecule has 0 radical (unpaired) electrons. The van der Waals surface area contributed by atoms with Crippen LogP contribution in [0, 0.1) is 17.2 Å². The van der Waals surface area contributed by atoms with Crippen LogP contribution in [-0.4, -0.2) is 73.6 Å². The Balaban J connectivity index is 3.50. The molecule has 0 unspecified atom stereocenters. The fourth-order valence-electron chi connectivity index (χ4n) is 3.02. The van der Waals surface area contributed by atoms with Crippen LogP contribution in [0.25, 0.3) is 0 Å². The first-order chi connectivity index (χ1) is 14.5. The molecule has 1 aliphatic rings. The van der Waals surface area contributed by atoms with Crippen LogP contribution in [0.4, 0.5) is 0 Å². The minimum absolute atomic E-state index is 0.0394. The number of ether oxygens (including phenoxy) is 6. The zero-order chi connectivity index (χ0) is 23.7. The predicted octanol–water partition coefficient (Wildman–Crippen LogP) is -0.185. The second-order valence-corrected chi connectivity index (χ2v) is 6.52. The summed E-state index contributed by atoms with van der Waals surface area (Å²) in [4.78, 5) is 58.7. The van der Waals surface area contributed by atoms with Crippen LogP contribution in [0.2, 0.25) is 0 Å². The molecule has 31 heavy (non-hydrogen) atoms. The van der Waals surface area contributed by atoms with Gasteiger partial charge in [0.05, 0.1) is 12.7 Å². The highest BCUT2D eigenvalue weighted by atomic mass is 16.7. The van der Waals surface area contributed by atoms with Gasteiger partial charge in [0, 0.05) is 27.7 Å². The quantitative estimate of drug-likeness (QED) is 0.359. The van der Waals surface area contributed by atoms with E-state index in [0.29, 0.717) is 0 Å². The summed E-state index contributed by atoms with van der Waals surface area (Å²) in [6.07, 6.45) is -7.07. The van der Waals surface area contributed by atoms with E-state index < -0.39 is 72.9 Å². The monoisotopic (exact) mass is 443 g/mol. The number of nitriles is 1. The van der Waals surface area contributed by atoms with Crippen molar-refractivity contribution >= 4 is 29.8 Å². The first-order valence-corrected chi connectivity index (χ1v) is 9.38. The van der Waals surface area contributed by atoms with E-state index in [4.69, 9.17) is 28.4 Å². The van der Waals surface area contributed by atoms with E-state index in [-0.39, 0.29) is 6.61 Å². The van der Waals surface area contributed by atoms with Gasteiger partial charge in [0.1, 0.15) is 18.8 Å². The molecule has 0 N–H and O–H groups in total. The van der Waals surface area contributed by atoms with Gasteiger partial charge in [-0.05, 0) is 6.92 Å². The number of carbonyl (C=O) groups is 5. The largest absolute Gasteiger partial charge is 0.465 e. The molecule has 0 aliphatic carbocycles. The lowest BCUT2D eigenvalue weighted by atomic mass is 9.87. The van der Waals surface area contributed by atoms with Gasteiger partial charge in [0.15, 0.2) is 24.2 Å².